The first-order valence-corrected chi connectivity index (χ1v) is 5.68. The van der Waals surface area contributed by atoms with E-state index in [-0.39, 0.29) is 0 Å². The maximum atomic E-state index is 9.78. The lowest BCUT2D eigenvalue weighted by atomic mass is 10.0. The Morgan fingerprint density at radius 1 is 0.625 bits per heavy atom. The molecule has 0 aromatic heterocycles. The van der Waals surface area contributed by atoms with Crippen LogP contribution in [-0.4, -0.2) is 56.7 Å². The third kappa shape index (κ3) is 10.4. The highest BCUT2D eigenvalue weighted by Gasteiger charge is 2.27. The molecule has 0 aromatic carbocycles. The minimum atomic E-state index is -0.837. The molecule has 4 nitrogen and oxygen atoms in total. The van der Waals surface area contributed by atoms with E-state index in [0.717, 1.165) is 0 Å². The highest BCUT2D eigenvalue weighted by molar-refractivity contribution is 4.82. The van der Waals surface area contributed by atoms with Gasteiger partial charge in [-0.05, 0) is 41.5 Å². The fourth-order valence-electron chi connectivity index (χ4n) is 1.81. The SMILES string of the molecule is CC(C)(O)CN(CC(C)(C)O)CC(C)(C)O. The highest BCUT2D eigenvalue weighted by atomic mass is 16.3. The van der Waals surface area contributed by atoms with Gasteiger partial charge in [0.15, 0.2) is 0 Å². The molecule has 0 aromatic rings. The monoisotopic (exact) mass is 233 g/mol. The summed E-state index contributed by atoms with van der Waals surface area (Å²) in [6.07, 6.45) is 0. The quantitative estimate of drug-likeness (QED) is 0.629. The Hall–Kier alpha value is -0.160. The topological polar surface area (TPSA) is 63.9 Å². The van der Waals surface area contributed by atoms with Crippen molar-refractivity contribution in [1.82, 2.24) is 4.90 Å². The van der Waals surface area contributed by atoms with E-state index >= 15 is 0 Å². The smallest absolute Gasteiger partial charge is 0.0718 e. The van der Waals surface area contributed by atoms with Crippen LogP contribution < -0.4 is 0 Å². The molecule has 4 heteroatoms. The molecule has 0 unspecified atom stereocenters. The van der Waals surface area contributed by atoms with E-state index in [1.165, 1.54) is 0 Å². The predicted molar refractivity (Wildman–Crippen MR) is 65.3 cm³/mol. The van der Waals surface area contributed by atoms with Gasteiger partial charge in [-0.1, -0.05) is 0 Å². The highest BCUT2D eigenvalue weighted by Crippen LogP contribution is 2.14. The summed E-state index contributed by atoms with van der Waals surface area (Å²) in [5, 5.41) is 29.3. The van der Waals surface area contributed by atoms with Crippen LogP contribution in [0.1, 0.15) is 41.5 Å². The molecule has 0 bridgehead atoms. The predicted octanol–water partition coefficient (Wildman–Crippen LogP) is 0.601. The largest absolute Gasteiger partial charge is 0.389 e. The minimum Gasteiger partial charge on any atom is -0.389 e. The van der Waals surface area contributed by atoms with Crippen molar-refractivity contribution in [3.05, 3.63) is 0 Å². The Labute approximate surface area is 98.9 Å². The maximum Gasteiger partial charge on any atom is 0.0718 e. The Balaban J connectivity index is 4.53. The molecule has 3 N–H and O–H groups in total. The Bertz CT molecular complexity index is 170. The molecular formula is C12H27NO3. The molecule has 0 aliphatic heterocycles. The lowest BCUT2D eigenvalue weighted by Crippen LogP contribution is -2.50. The minimum absolute atomic E-state index is 0.418. The van der Waals surface area contributed by atoms with Crippen molar-refractivity contribution in [2.24, 2.45) is 0 Å². The van der Waals surface area contributed by atoms with Crippen molar-refractivity contribution in [2.45, 2.75) is 58.3 Å². The summed E-state index contributed by atoms with van der Waals surface area (Å²) in [6, 6.07) is 0. The first-order valence-electron chi connectivity index (χ1n) is 5.68. The van der Waals surface area contributed by atoms with Gasteiger partial charge in [-0.2, -0.15) is 0 Å². The third-order valence-electron chi connectivity index (χ3n) is 1.83. The lowest BCUT2D eigenvalue weighted by molar-refractivity contribution is -0.0400. The molecule has 0 heterocycles. The Morgan fingerprint density at radius 3 is 0.938 bits per heavy atom. The molecule has 0 amide bonds. The summed E-state index contributed by atoms with van der Waals surface area (Å²) in [5.41, 5.74) is -2.51. The van der Waals surface area contributed by atoms with Crippen molar-refractivity contribution in [3.8, 4) is 0 Å². The fourth-order valence-corrected chi connectivity index (χ4v) is 1.81. The molecule has 0 spiro atoms. The summed E-state index contributed by atoms with van der Waals surface area (Å²) < 4.78 is 0. The molecule has 0 aliphatic carbocycles. The number of hydrogen-bond donors (Lipinski definition) is 3. The van der Waals surface area contributed by atoms with Crippen LogP contribution in [0.25, 0.3) is 0 Å². The van der Waals surface area contributed by atoms with Crippen LogP contribution in [0.5, 0.6) is 0 Å². The van der Waals surface area contributed by atoms with Crippen LogP contribution in [0.4, 0.5) is 0 Å². The second-order valence-electron chi connectivity index (χ2n) is 6.58. The average molecular weight is 233 g/mol. The summed E-state index contributed by atoms with van der Waals surface area (Å²) in [7, 11) is 0. The van der Waals surface area contributed by atoms with Crippen LogP contribution in [0.15, 0.2) is 0 Å². The zero-order valence-electron chi connectivity index (χ0n) is 11.4. The van der Waals surface area contributed by atoms with Crippen molar-refractivity contribution in [3.63, 3.8) is 0 Å². The van der Waals surface area contributed by atoms with Crippen LogP contribution in [-0.2, 0) is 0 Å². The summed E-state index contributed by atoms with van der Waals surface area (Å²) in [4.78, 5) is 1.88. The zero-order chi connectivity index (χ0) is 13.2. The van der Waals surface area contributed by atoms with Crippen molar-refractivity contribution in [2.75, 3.05) is 19.6 Å². The van der Waals surface area contributed by atoms with Crippen LogP contribution in [0.3, 0.4) is 0 Å². The second-order valence-corrected chi connectivity index (χ2v) is 6.58. The molecule has 0 aliphatic rings. The van der Waals surface area contributed by atoms with E-state index in [1.807, 2.05) is 4.90 Å². The molecule has 0 radical (unpaired) electrons. The van der Waals surface area contributed by atoms with Gasteiger partial charge in [0, 0.05) is 19.6 Å². The average Bonchev–Trinajstić information content (AvgIpc) is 1.70. The number of aliphatic hydroxyl groups is 3. The normalized spacial score (nSPS) is 14.6. The first kappa shape index (κ1) is 15.8. The standard InChI is InChI=1S/C12H27NO3/c1-10(2,14)7-13(8-11(3,4)15)9-12(5,6)16/h14-16H,7-9H2,1-6H3. The Morgan fingerprint density at radius 2 is 0.812 bits per heavy atom. The van der Waals surface area contributed by atoms with Gasteiger partial charge >= 0.3 is 0 Å². The van der Waals surface area contributed by atoms with Crippen LogP contribution >= 0.6 is 0 Å². The summed E-state index contributed by atoms with van der Waals surface area (Å²) >= 11 is 0. The van der Waals surface area contributed by atoms with Gasteiger partial charge < -0.3 is 15.3 Å². The van der Waals surface area contributed by atoms with Gasteiger partial charge in [-0.3, -0.25) is 4.90 Å². The lowest BCUT2D eigenvalue weighted by Gasteiger charge is -2.36. The number of rotatable bonds is 6. The van der Waals surface area contributed by atoms with Crippen molar-refractivity contribution >= 4 is 0 Å². The molecule has 0 fully saturated rings. The zero-order valence-corrected chi connectivity index (χ0v) is 11.4. The van der Waals surface area contributed by atoms with Crippen molar-refractivity contribution in [1.29, 1.82) is 0 Å². The van der Waals surface area contributed by atoms with E-state index in [2.05, 4.69) is 0 Å². The van der Waals surface area contributed by atoms with Crippen LogP contribution in [0.2, 0.25) is 0 Å². The van der Waals surface area contributed by atoms with E-state index < -0.39 is 16.8 Å². The molecule has 16 heavy (non-hydrogen) atoms. The van der Waals surface area contributed by atoms with Gasteiger partial charge in [0.25, 0.3) is 0 Å². The Kier molecular flexibility index (Phi) is 4.95. The summed E-state index contributed by atoms with van der Waals surface area (Å²) in [6.45, 7) is 11.6. The molecule has 0 rings (SSSR count). The maximum absolute atomic E-state index is 9.78. The molecule has 0 saturated heterocycles. The summed E-state index contributed by atoms with van der Waals surface area (Å²) in [5.74, 6) is 0. The fraction of sp³-hybridized carbons (Fsp3) is 1.00. The molecule has 0 saturated carbocycles. The molecule has 98 valence electrons. The van der Waals surface area contributed by atoms with Gasteiger partial charge in [0.2, 0.25) is 0 Å². The van der Waals surface area contributed by atoms with Gasteiger partial charge in [-0.25, -0.2) is 0 Å². The van der Waals surface area contributed by atoms with Gasteiger partial charge in [0.05, 0.1) is 16.8 Å². The molecular weight excluding hydrogens is 206 g/mol. The number of hydrogen-bond acceptors (Lipinski definition) is 4. The van der Waals surface area contributed by atoms with Crippen molar-refractivity contribution < 1.29 is 15.3 Å². The first-order chi connectivity index (χ1) is 6.79. The van der Waals surface area contributed by atoms with E-state index in [9.17, 15) is 15.3 Å². The second kappa shape index (κ2) is 5.00. The van der Waals surface area contributed by atoms with Gasteiger partial charge in [0.1, 0.15) is 0 Å². The van der Waals surface area contributed by atoms with E-state index in [4.69, 9.17) is 0 Å². The van der Waals surface area contributed by atoms with Gasteiger partial charge in [-0.15, -0.1) is 0 Å². The molecule has 0 atom stereocenters. The van der Waals surface area contributed by atoms with Crippen LogP contribution in [0, 0.1) is 0 Å². The van der Waals surface area contributed by atoms with E-state index in [1.54, 1.807) is 41.5 Å². The van der Waals surface area contributed by atoms with E-state index in [0.29, 0.717) is 19.6 Å². The number of nitrogens with zero attached hydrogens (tertiary/aromatic N) is 1. The third-order valence-corrected chi connectivity index (χ3v) is 1.83.